The second kappa shape index (κ2) is 10.3. The molecule has 0 atom stereocenters. The van der Waals surface area contributed by atoms with Gasteiger partial charge in [0.2, 0.25) is 5.95 Å². The number of aromatic nitrogens is 4. The third-order valence-electron chi connectivity index (χ3n) is 6.33. The Kier molecular flexibility index (Phi) is 6.98. The Hall–Kier alpha value is -3.02. The molecule has 0 unspecified atom stereocenters. The minimum absolute atomic E-state index is 0.00170. The first-order valence-corrected chi connectivity index (χ1v) is 11.7. The van der Waals surface area contributed by atoms with E-state index in [9.17, 15) is 13.2 Å². The van der Waals surface area contributed by atoms with Crippen molar-refractivity contribution in [2.45, 2.75) is 32.2 Å². The minimum atomic E-state index is -0.650. The first-order valence-electron chi connectivity index (χ1n) is 11.7. The molecule has 3 aromatic rings. The Balaban J connectivity index is 1.39. The van der Waals surface area contributed by atoms with Gasteiger partial charge in [-0.05, 0) is 25.8 Å². The third kappa shape index (κ3) is 5.31. The van der Waals surface area contributed by atoms with Gasteiger partial charge in [-0.1, -0.05) is 0 Å². The lowest BCUT2D eigenvalue weighted by molar-refractivity contribution is 0.0337. The zero-order chi connectivity index (χ0) is 24.4. The van der Waals surface area contributed by atoms with Crippen LogP contribution in [-0.4, -0.2) is 64.4 Å². The van der Waals surface area contributed by atoms with Crippen LogP contribution in [0.25, 0.3) is 11.4 Å². The molecule has 2 N–H and O–H groups in total. The van der Waals surface area contributed by atoms with Gasteiger partial charge in [-0.2, -0.15) is 0 Å². The first-order chi connectivity index (χ1) is 17.0. The second-order valence-corrected chi connectivity index (χ2v) is 8.80. The number of nitrogens with zero attached hydrogens (tertiary/aromatic N) is 4. The molecule has 2 saturated heterocycles. The number of nitrogens with one attached hydrogen (secondary N) is 2. The number of benzene rings is 1. The van der Waals surface area contributed by atoms with Crippen LogP contribution in [0.4, 0.5) is 24.8 Å². The summed E-state index contributed by atoms with van der Waals surface area (Å²) in [5.74, 6) is -1.13. The standard InChI is InChI=1S/C24H27F3N6O2/c1-14-29-21(15-2-6-34-7-3-15)23(30-14)22-19(27)12-28-24(32-22)31-20-11-17(25)16(10-18(20)26)13-33-4-8-35-9-5-33/h10-12,15H,2-9,13H2,1H3,(H,29,30)(H,28,31,32). The molecular formula is C24H27F3N6O2. The van der Waals surface area contributed by atoms with Crippen molar-refractivity contribution in [3.8, 4) is 11.4 Å². The Morgan fingerprint density at radius 3 is 2.49 bits per heavy atom. The molecule has 0 amide bonds. The fourth-order valence-electron chi connectivity index (χ4n) is 4.49. The number of hydrogen-bond acceptors (Lipinski definition) is 7. The number of H-pyrrole nitrogens is 1. The molecule has 0 spiro atoms. The number of halogens is 3. The number of aromatic amines is 1. The molecule has 2 aliphatic rings. The molecule has 5 rings (SSSR count). The normalized spacial score (nSPS) is 17.6. The summed E-state index contributed by atoms with van der Waals surface area (Å²) in [5.41, 5.74) is 1.31. The number of ether oxygens (including phenoxy) is 2. The fourth-order valence-corrected chi connectivity index (χ4v) is 4.49. The zero-order valence-corrected chi connectivity index (χ0v) is 19.4. The van der Waals surface area contributed by atoms with Crippen molar-refractivity contribution in [1.29, 1.82) is 0 Å². The van der Waals surface area contributed by atoms with Gasteiger partial charge in [0.15, 0.2) is 5.82 Å². The average molecular weight is 489 g/mol. The van der Waals surface area contributed by atoms with Crippen LogP contribution in [0.5, 0.6) is 0 Å². The molecule has 35 heavy (non-hydrogen) atoms. The number of morpholine rings is 1. The highest BCUT2D eigenvalue weighted by molar-refractivity contribution is 5.63. The smallest absolute Gasteiger partial charge is 0.228 e. The zero-order valence-electron chi connectivity index (χ0n) is 19.4. The second-order valence-electron chi connectivity index (χ2n) is 8.80. The summed E-state index contributed by atoms with van der Waals surface area (Å²) in [6.45, 7) is 5.78. The van der Waals surface area contributed by atoms with Crippen molar-refractivity contribution in [2.75, 3.05) is 44.8 Å². The van der Waals surface area contributed by atoms with Crippen LogP contribution < -0.4 is 5.32 Å². The van der Waals surface area contributed by atoms with E-state index in [-0.39, 0.29) is 35.4 Å². The van der Waals surface area contributed by atoms with Crippen LogP contribution in [0.15, 0.2) is 18.3 Å². The third-order valence-corrected chi connectivity index (χ3v) is 6.33. The van der Waals surface area contributed by atoms with Crippen LogP contribution in [0, 0.1) is 24.4 Å². The maximum Gasteiger partial charge on any atom is 0.228 e. The van der Waals surface area contributed by atoms with Crippen molar-refractivity contribution in [1.82, 2.24) is 24.8 Å². The van der Waals surface area contributed by atoms with Gasteiger partial charge in [0.1, 0.15) is 28.8 Å². The fraction of sp³-hybridized carbons (Fsp3) is 0.458. The van der Waals surface area contributed by atoms with Gasteiger partial charge in [0.05, 0.1) is 25.1 Å². The Labute approximate surface area is 200 Å². The van der Waals surface area contributed by atoms with Gasteiger partial charge in [-0.25, -0.2) is 28.1 Å². The molecule has 1 aromatic carbocycles. The number of imidazole rings is 1. The number of rotatable bonds is 6. The van der Waals surface area contributed by atoms with Crippen molar-refractivity contribution in [3.05, 3.63) is 52.9 Å². The maximum absolute atomic E-state index is 14.9. The molecule has 2 fully saturated rings. The molecule has 0 aliphatic carbocycles. The van der Waals surface area contributed by atoms with E-state index in [0.717, 1.165) is 36.9 Å². The van der Waals surface area contributed by atoms with Gasteiger partial charge in [-0.3, -0.25) is 4.90 Å². The largest absolute Gasteiger partial charge is 0.381 e. The van der Waals surface area contributed by atoms with Crippen molar-refractivity contribution in [2.24, 2.45) is 0 Å². The lowest BCUT2D eigenvalue weighted by Crippen LogP contribution is -2.35. The summed E-state index contributed by atoms with van der Waals surface area (Å²) in [5, 5.41) is 2.69. The topological polar surface area (TPSA) is 88.2 Å². The van der Waals surface area contributed by atoms with E-state index in [2.05, 4.69) is 25.3 Å². The number of aryl methyl sites for hydroxylation is 1. The van der Waals surface area contributed by atoms with Gasteiger partial charge in [-0.15, -0.1) is 0 Å². The molecule has 0 bridgehead atoms. The first kappa shape index (κ1) is 23.7. The van der Waals surface area contributed by atoms with Gasteiger partial charge in [0, 0.05) is 56.1 Å². The predicted octanol–water partition coefficient (Wildman–Crippen LogP) is 4.06. The van der Waals surface area contributed by atoms with Crippen LogP contribution in [0.1, 0.15) is 35.8 Å². The van der Waals surface area contributed by atoms with Crippen LogP contribution in [0.3, 0.4) is 0 Å². The Bertz CT molecular complexity index is 1190. The lowest BCUT2D eigenvalue weighted by atomic mass is 9.94. The molecule has 0 saturated carbocycles. The quantitative estimate of drug-likeness (QED) is 0.541. The van der Waals surface area contributed by atoms with Gasteiger partial charge < -0.3 is 19.8 Å². The van der Waals surface area contributed by atoms with Gasteiger partial charge >= 0.3 is 0 Å². The molecule has 2 aromatic heterocycles. The van der Waals surface area contributed by atoms with E-state index in [4.69, 9.17) is 9.47 Å². The summed E-state index contributed by atoms with van der Waals surface area (Å²) < 4.78 is 55.1. The summed E-state index contributed by atoms with van der Waals surface area (Å²) in [7, 11) is 0. The highest BCUT2D eigenvalue weighted by atomic mass is 19.1. The van der Waals surface area contributed by atoms with Crippen LogP contribution >= 0.6 is 0 Å². The van der Waals surface area contributed by atoms with E-state index >= 15 is 0 Å². The Morgan fingerprint density at radius 1 is 0.971 bits per heavy atom. The molecule has 11 heteroatoms. The van der Waals surface area contributed by atoms with E-state index in [0.29, 0.717) is 51.0 Å². The molecule has 0 radical (unpaired) electrons. The summed E-state index contributed by atoms with van der Waals surface area (Å²) in [4.78, 5) is 17.9. The van der Waals surface area contributed by atoms with Crippen molar-refractivity contribution >= 4 is 11.6 Å². The number of anilines is 2. The van der Waals surface area contributed by atoms with E-state index in [1.54, 1.807) is 6.92 Å². The minimum Gasteiger partial charge on any atom is -0.381 e. The Morgan fingerprint density at radius 2 is 1.71 bits per heavy atom. The maximum atomic E-state index is 14.9. The van der Waals surface area contributed by atoms with Crippen LogP contribution in [0.2, 0.25) is 0 Å². The van der Waals surface area contributed by atoms with Crippen molar-refractivity contribution < 1.29 is 22.6 Å². The summed E-state index contributed by atoms with van der Waals surface area (Å²) in [6, 6.07) is 2.24. The molecule has 4 heterocycles. The lowest BCUT2D eigenvalue weighted by Gasteiger charge is -2.26. The van der Waals surface area contributed by atoms with Crippen molar-refractivity contribution in [3.63, 3.8) is 0 Å². The summed E-state index contributed by atoms with van der Waals surface area (Å²) >= 11 is 0. The molecule has 186 valence electrons. The predicted molar refractivity (Wildman–Crippen MR) is 123 cm³/mol. The average Bonchev–Trinajstić information content (AvgIpc) is 3.26. The molecule has 2 aliphatic heterocycles. The highest BCUT2D eigenvalue weighted by Crippen LogP contribution is 2.34. The van der Waals surface area contributed by atoms with E-state index in [1.807, 2.05) is 4.90 Å². The van der Waals surface area contributed by atoms with Crippen LogP contribution in [-0.2, 0) is 16.0 Å². The molecular weight excluding hydrogens is 461 g/mol. The van der Waals surface area contributed by atoms with E-state index in [1.165, 1.54) is 0 Å². The SMILES string of the molecule is Cc1nc(-c2nc(Nc3cc(F)c(CN4CCOCC4)cc3F)ncc2F)c(C2CCOCC2)[nH]1. The number of hydrogen-bond donors (Lipinski definition) is 2. The monoisotopic (exact) mass is 488 g/mol. The molecule has 8 nitrogen and oxygen atoms in total. The van der Waals surface area contributed by atoms with Gasteiger partial charge in [0.25, 0.3) is 0 Å². The highest BCUT2D eigenvalue weighted by Gasteiger charge is 2.25. The van der Waals surface area contributed by atoms with E-state index < -0.39 is 17.5 Å². The summed E-state index contributed by atoms with van der Waals surface area (Å²) in [6.07, 6.45) is 2.57.